The standard InChI is InChI=1S/C14H22N2O5S/c1-5-10(2)14(3,17)9-15-11-7-6-8-12(22(4,20)21)13(11)16(18)19/h6-8,10,15,17H,5,9H2,1-4H3. The van der Waals surface area contributed by atoms with E-state index in [1.807, 2.05) is 13.8 Å². The molecule has 0 aliphatic rings. The quantitative estimate of drug-likeness (QED) is 0.586. The molecule has 124 valence electrons. The first-order valence-corrected chi connectivity index (χ1v) is 8.83. The fraction of sp³-hybridized carbons (Fsp3) is 0.571. The smallest absolute Gasteiger partial charge is 0.310 e. The summed E-state index contributed by atoms with van der Waals surface area (Å²) in [7, 11) is -3.72. The maximum atomic E-state index is 11.7. The number of anilines is 1. The molecule has 0 aliphatic carbocycles. The first-order chi connectivity index (χ1) is 10.0. The molecular formula is C14H22N2O5S. The highest BCUT2D eigenvalue weighted by Gasteiger charge is 2.30. The molecule has 0 heterocycles. The topological polar surface area (TPSA) is 110 Å². The predicted octanol–water partition coefficient (Wildman–Crippen LogP) is 2.21. The van der Waals surface area contributed by atoms with Crippen molar-refractivity contribution in [3.63, 3.8) is 0 Å². The van der Waals surface area contributed by atoms with Crippen LogP contribution in [0.15, 0.2) is 23.1 Å². The van der Waals surface area contributed by atoms with E-state index in [1.165, 1.54) is 18.2 Å². The van der Waals surface area contributed by atoms with Gasteiger partial charge in [0.1, 0.15) is 10.6 Å². The second-order valence-electron chi connectivity index (χ2n) is 5.70. The van der Waals surface area contributed by atoms with Crippen LogP contribution in [0.25, 0.3) is 0 Å². The predicted molar refractivity (Wildman–Crippen MR) is 84.8 cm³/mol. The number of aliphatic hydroxyl groups is 1. The van der Waals surface area contributed by atoms with E-state index in [2.05, 4.69) is 5.32 Å². The maximum Gasteiger partial charge on any atom is 0.310 e. The lowest BCUT2D eigenvalue weighted by Gasteiger charge is -2.30. The average Bonchev–Trinajstić information content (AvgIpc) is 2.42. The number of nitrogens with one attached hydrogen (secondary N) is 1. The highest BCUT2D eigenvalue weighted by atomic mass is 32.2. The minimum atomic E-state index is -3.72. The van der Waals surface area contributed by atoms with Gasteiger partial charge in [-0.3, -0.25) is 10.1 Å². The van der Waals surface area contributed by atoms with Crippen LogP contribution in [0.3, 0.4) is 0 Å². The minimum Gasteiger partial charge on any atom is -0.388 e. The summed E-state index contributed by atoms with van der Waals surface area (Å²) in [5.74, 6) is -0.0165. The Morgan fingerprint density at radius 2 is 2.05 bits per heavy atom. The monoisotopic (exact) mass is 330 g/mol. The first kappa shape index (κ1) is 18.4. The van der Waals surface area contributed by atoms with Gasteiger partial charge in [-0.05, 0) is 25.0 Å². The largest absolute Gasteiger partial charge is 0.388 e. The Morgan fingerprint density at radius 1 is 1.45 bits per heavy atom. The van der Waals surface area contributed by atoms with Crippen molar-refractivity contribution in [2.75, 3.05) is 18.1 Å². The van der Waals surface area contributed by atoms with Crippen molar-refractivity contribution < 1.29 is 18.4 Å². The van der Waals surface area contributed by atoms with Gasteiger partial charge in [0.15, 0.2) is 9.84 Å². The zero-order valence-electron chi connectivity index (χ0n) is 13.2. The van der Waals surface area contributed by atoms with Crippen LogP contribution in [-0.4, -0.2) is 36.8 Å². The molecule has 0 saturated carbocycles. The summed E-state index contributed by atoms with van der Waals surface area (Å²) < 4.78 is 23.4. The van der Waals surface area contributed by atoms with E-state index in [-0.39, 0.29) is 23.0 Å². The van der Waals surface area contributed by atoms with Gasteiger partial charge in [-0.15, -0.1) is 0 Å². The van der Waals surface area contributed by atoms with Crippen LogP contribution in [-0.2, 0) is 9.84 Å². The number of sulfone groups is 1. The van der Waals surface area contributed by atoms with E-state index in [0.29, 0.717) is 0 Å². The van der Waals surface area contributed by atoms with Gasteiger partial charge in [0.2, 0.25) is 0 Å². The molecule has 0 fully saturated rings. The van der Waals surface area contributed by atoms with Gasteiger partial charge in [-0.1, -0.05) is 26.3 Å². The van der Waals surface area contributed by atoms with E-state index in [4.69, 9.17) is 0 Å². The molecular weight excluding hydrogens is 308 g/mol. The fourth-order valence-corrected chi connectivity index (χ4v) is 2.90. The lowest BCUT2D eigenvalue weighted by molar-refractivity contribution is -0.386. The number of hydrogen-bond acceptors (Lipinski definition) is 6. The van der Waals surface area contributed by atoms with Crippen LogP contribution >= 0.6 is 0 Å². The summed E-state index contributed by atoms with van der Waals surface area (Å²) in [6.07, 6.45) is 1.68. The third-order valence-electron chi connectivity index (χ3n) is 3.89. The van der Waals surface area contributed by atoms with Gasteiger partial charge in [0, 0.05) is 12.8 Å². The maximum absolute atomic E-state index is 11.7. The van der Waals surface area contributed by atoms with Crippen molar-refractivity contribution in [1.29, 1.82) is 0 Å². The van der Waals surface area contributed by atoms with Gasteiger partial charge in [-0.25, -0.2) is 8.42 Å². The molecule has 0 radical (unpaired) electrons. The molecule has 2 unspecified atom stereocenters. The summed E-state index contributed by atoms with van der Waals surface area (Å²) in [6, 6.07) is 4.06. The van der Waals surface area contributed by atoms with E-state index in [1.54, 1.807) is 6.92 Å². The lowest BCUT2D eigenvalue weighted by atomic mass is 9.88. The molecule has 0 saturated heterocycles. The summed E-state index contributed by atoms with van der Waals surface area (Å²) >= 11 is 0. The molecule has 0 spiro atoms. The number of para-hydroxylation sites is 1. The zero-order chi connectivity index (χ0) is 17.1. The third kappa shape index (κ3) is 4.17. The van der Waals surface area contributed by atoms with Gasteiger partial charge in [0.25, 0.3) is 0 Å². The Labute approximate surface area is 130 Å². The van der Waals surface area contributed by atoms with Gasteiger partial charge < -0.3 is 10.4 Å². The number of nitro benzene ring substituents is 1. The molecule has 0 bridgehead atoms. The molecule has 8 heteroatoms. The Kier molecular flexibility index (Phi) is 5.53. The molecule has 0 aromatic heterocycles. The molecule has 1 rings (SSSR count). The number of nitrogens with zero attached hydrogens (tertiary/aromatic N) is 1. The number of rotatable bonds is 7. The number of hydrogen-bond donors (Lipinski definition) is 2. The number of nitro groups is 1. The van der Waals surface area contributed by atoms with Crippen LogP contribution < -0.4 is 5.32 Å². The normalized spacial score (nSPS) is 15.9. The second-order valence-corrected chi connectivity index (χ2v) is 7.69. The molecule has 2 N–H and O–H groups in total. The molecule has 0 aliphatic heterocycles. The highest BCUT2D eigenvalue weighted by molar-refractivity contribution is 7.90. The summed E-state index contributed by atoms with van der Waals surface area (Å²) in [4.78, 5) is 10.2. The molecule has 0 amide bonds. The van der Waals surface area contributed by atoms with Crippen molar-refractivity contribution >= 4 is 21.2 Å². The van der Waals surface area contributed by atoms with Crippen molar-refractivity contribution in [2.45, 2.75) is 37.7 Å². The van der Waals surface area contributed by atoms with Crippen LogP contribution in [0.5, 0.6) is 0 Å². The highest BCUT2D eigenvalue weighted by Crippen LogP contribution is 2.32. The van der Waals surface area contributed by atoms with Crippen molar-refractivity contribution in [3.05, 3.63) is 28.3 Å². The lowest BCUT2D eigenvalue weighted by Crippen LogP contribution is -2.40. The second kappa shape index (κ2) is 6.62. The fourth-order valence-electron chi connectivity index (χ4n) is 2.04. The van der Waals surface area contributed by atoms with E-state index in [9.17, 15) is 23.6 Å². The molecule has 2 atom stereocenters. The van der Waals surface area contributed by atoms with Crippen LogP contribution in [0, 0.1) is 16.0 Å². The van der Waals surface area contributed by atoms with Gasteiger partial charge >= 0.3 is 5.69 Å². The van der Waals surface area contributed by atoms with Gasteiger partial charge in [0.05, 0.1) is 10.5 Å². The summed E-state index contributed by atoms with van der Waals surface area (Å²) in [5, 5.41) is 24.4. The Bertz CT molecular complexity index is 655. The van der Waals surface area contributed by atoms with Crippen LogP contribution in [0.4, 0.5) is 11.4 Å². The third-order valence-corrected chi connectivity index (χ3v) is 5.02. The van der Waals surface area contributed by atoms with E-state index >= 15 is 0 Å². The van der Waals surface area contributed by atoms with Crippen LogP contribution in [0.2, 0.25) is 0 Å². The van der Waals surface area contributed by atoms with E-state index in [0.717, 1.165) is 12.7 Å². The SMILES string of the molecule is CCC(C)C(C)(O)CNc1cccc(S(C)(=O)=O)c1[N+](=O)[O-]. The number of benzene rings is 1. The molecule has 22 heavy (non-hydrogen) atoms. The van der Waals surface area contributed by atoms with Gasteiger partial charge in [-0.2, -0.15) is 0 Å². The van der Waals surface area contributed by atoms with Crippen molar-refractivity contribution in [1.82, 2.24) is 0 Å². The zero-order valence-corrected chi connectivity index (χ0v) is 14.0. The Hall–Kier alpha value is -1.67. The Balaban J connectivity index is 3.19. The van der Waals surface area contributed by atoms with Crippen LogP contribution in [0.1, 0.15) is 27.2 Å². The summed E-state index contributed by atoms with van der Waals surface area (Å²) in [6.45, 7) is 5.53. The molecule has 1 aromatic carbocycles. The van der Waals surface area contributed by atoms with Crippen molar-refractivity contribution in [3.8, 4) is 0 Å². The van der Waals surface area contributed by atoms with E-state index < -0.39 is 26.0 Å². The Morgan fingerprint density at radius 3 is 2.50 bits per heavy atom. The minimum absolute atomic E-state index is 0.0165. The molecule has 1 aromatic rings. The average molecular weight is 330 g/mol. The summed E-state index contributed by atoms with van der Waals surface area (Å²) in [5.41, 5.74) is -1.48. The molecule has 7 nitrogen and oxygen atoms in total. The van der Waals surface area contributed by atoms with Crippen molar-refractivity contribution in [2.24, 2.45) is 5.92 Å². The first-order valence-electron chi connectivity index (χ1n) is 6.94.